The van der Waals surface area contributed by atoms with Gasteiger partial charge in [-0.15, -0.1) is 6.42 Å². The van der Waals surface area contributed by atoms with E-state index in [0.29, 0.717) is 0 Å². The Balaban J connectivity index is 2.66. The van der Waals surface area contributed by atoms with Crippen LogP contribution in [0.2, 0.25) is 0 Å². The van der Waals surface area contributed by atoms with Crippen molar-refractivity contribution >= 4 is 15.9 Å². The lowest BCUT2D eigenvalue weighted by molar-refractivity contribution is 0.546. The Morgan fingerprint density at radius 3 is 2.36 bits per heavy atom. The Morgan fingerprint density at radius 1 is 1.29 bits per heavy atom. The second kappa shape index (κ2) is 5.19. The molecule has 2 unspecified atom stereocenters. The Morgan fingerprint density at radius 2 is 1.86 bits per heavy atom. The van der Waals surface area contributed by atoms with Crippen LogP contribution in [0.25, 0.3) is 0 Å². The minimum absolute atomic E-state index is 0.105. The number of halogens is 1. The van der Waals surface area contributed by atoms with E-state index in [9.17, 15) is 0 Å². The summed E-state index contributed by atoms with van der Waals surface area (Å²) >= 11 is 3.41. The zero-order valence-electron chi connectivity index (χ0n) is 8.42. The molecule has 0 heterocycles. The first-order chi connectivity index (χ1) is 6.63. The third-order valence-electron chi connectivity index (χ3n) is 2.12. The number of hydrogen-bond acceptors (Lipinski definition) is 1. The average molecular weight is 252 g/mol. The van der Waals surface area contributed by atoms with Gasteiger partial charge in [0.15, 0.2) is 0 Å². The highest BCUT2D eigenvalue weighted by Crippen LogP contribution is 2.16. The van der Waals surface area contributed by atoms with Gasteiger partial charge in [-0.05, 0) is 31.5 Å². The molecule has 0 saturated heterocycles. The zero-order chi connectivity index (χ0) is 10.6. The molecule has 1 aromatic rings. The van der Waals surface area contributed by atoms with Crippen molar-refractivity contribution in [2.24, 2.45) is 0 Å². The Bertz CT molecular complexity index is 323. The fourth-order valence-electron chi connectivity index (χ4n) is 1.27. The van der Waals surface area contributed by atoms with E-state index in [-0.39, 0.29) is 12.1 Å². The minimum atomic E-state index is 0.105. The summed E-state index contributed by atoms with van der Waals surface area (Å²) in [4.78, 5) is 0. The summed E-state index contributed by atoms with van der Waals surface area (Å²) in [6, 6.07) is 8.64. The van der Waals surface area contributed by atoms with Crippen LogP contribution in [0.5, 0.6) is 0 Å². The molecule has 1 aromatic carbocycles. The zero-order valence-corrected chi connectivity index (χ0v) is 10.0. The monoisotopic (exact) mass is 251 g/mol. The third-order valence-corrected chi connectivity index (χ3v) is 2.65. The van der Waals surface area contributed by atoms with Crippen molar-refractivity contribution in [1.29, 1.82) is 0 Å². The van der Waals surface area contributed by atoms with Gasteiger partial charge in [-0.25, -0.2) is 0 Å². The van der Waals surface area contributed by atoms with Crippen molar-refractivity contribution < 1.29 is 0 Å². The van der Waals surface area contributed by atoms with Gasteiger partial charge in [0.2, 0.25) is 0 Å². The molecule has 14 heavy (non-hydrogen) atoms. The molecule has 74 valence electrons. The lowest BCUT2D eigenvalue weighted by Crippen LogP contribution is -2.27. The number of terminal acetylenes is 1. The van der Waals surface area contributed by atoms with E-state index in [4.69, 9.17) is 6.42 Å². The van der Waals surface area contributed by atoms with Crippen LogP contribution in [0.1, 0.15) is 25.5 Å². The highest BCUT2D eigenvalue weighted by Gasteiger charge is 2.06. The van der Waals surface area contributed by atoms with Gasteiger partial charge in [0, 0.05) is 10.5 Å². The Labute approximate surface area is 94.0 Å². The molecule has 0 aromatic heterocycles. The molecule has 1 rings (SSSR count). The second-order valence-electron chi connectivity index (χ2n) is 3.33. The molecule has 0 aliphatic rings. The second-order valence-corrected chi connectivity index (χ2v) is 4.24. The fourth-order valence-corrected chi connectivity index (χ4v) is 1.54. The van der Waals surface area contributed by atoms with Gasteiger partial charge in [-0.3, -0.25) is 5.32 Å². The van der Waals surface area contributed by atoms with Crippen molar-refractivity contribution in [3.05, 3.63) is 34.3 Å². The number of rotatable bonds is 3. The summed E-state index contributed by atoms with van der Waals surface area (Å²) in [7, 11) is 0. The van der Waals surface area contributed by atoms with Crippen LogP contribution in [-0.2, 0) is 0 Å². The standard InChI is InChI=1S/C12H14BrN/c1-4-9(2)14-10(3)11-5-7-12(13)8-6-11/h1,5-10,14H,2-3H3. The lowest BCUT2D eigenvalue weighted by Gasteiger charge is -2.16. The van der Waals surface area contributed by atoms with Gasteiger partial charge in [0.1, 0.15) is 0 Å². The van der Waals surface area contributed by atoms with Crippen LogP contribution in [0.15, 0.2) is 28.7 Å². The molecule has 0 amide bonds. The van der Waals surface area contributed by atoms with Crippen LogP contribution < -0.4 is 5.32 Å². The molecule has 2 atom stereocenters. The maximum absolute atomic E-state index is 5.30. The van der Waals surface area contributed by atoms with E-state index in [2.05, 4.69) is 46.2 Å². The fraction of sp³-hybridized carbons (Fsp3) is 0.333. The average Bonchev–Trinajstić information content (AvgIpc) is 2.18. The largest absolute Gasteiger partial charge is 0.297 e. The summed E-state index contributed by atoms with van der Waals surface area (Å²) in [6.07, 6.45) is 5.30. The normalized spacial score (nSPS) is 14.4. The van der Waals surface area contributed by atoms with Crippen molar-refractivity contribution in [2.45, 2.75) is 25.9 Å². The van der Waals surface area contributed by atoms with Crippen LogP contribution >= 0.6 is 15.9 Å². The van der Waals surface area contributed by atoms with Gasteiger partial charge in [-0.2, -0.15) is 0 Å². The molecule has 1 N–H and O–H groups in total. The van der Waals surface area contributed by atoms with Gasteiger partial charge in [0.05, 0.1) is 6.04 Å². The van der Waals surface area contributed by atoms with Gasteiger partial charge in [0.25, 0.3) is 0 Å². The summed E-state index contributed by atoms with van der Waals surface area (Å²) < 4.78 is 1.10. The van der Waals surface area contributed by atoms with Crippen molar-refractivity contribution in [3.63, 3.8) is 0 Å². The van der Waals surface area contributed by atoms with E-state index in [1.54, 1.807) is 0 Å². The molecule has 0 saturated carbocycles. The molecular weight excluding hydrogens is 238 g/mol. The van der Waals surface area contributed by atoms with E-state index in [1.807, 2.05) is 19.1 Å². The van der Waals surface area contributed by atoms with Crippen molar-refractivity contribution in [3.8, 4) is 12.3 Å². The molecule has 0 spiro atoms. The van der Waals surface area contributed by atoms with E-state index in [1.165, 1.54) is 5.56 Å². The third kappa shape index (κ3) is 3.17. The summed E-state index contributed by atoms with van der Waals surface area (Å²) in [5.74, 6) is 2.66. The molecule has 0 aliphatic heterocycles. The van der Waals surface area contributed by atoms with Crippen molar-refractivity contribution in [1.82, 2.24) is 5.32 Å². The van der Waals surface area contributed by atoms with Crippen LogP contribution in [0.3, 0.4) is 0 Å². The van der Waals surface area contributed by atoms with Crippen LogP contribution in [-0.4, -0.2) is 6.04 Å². The first-order valence-electron chi connectivity index (χ1n) is 4.61. The van der Waals surface area contributed by atoms with Crippen LogP contribution in [0.4, 0.5) is 0 Å². The highest BCUT2D eigenvalue weighted by molar-refractivity contribution is 9.10. The maximum Gasteiger partial charge on any atom is 0.0662 e. The van der Waals surface area contributed by atoms with Gasteiger partial charge >= 0.3 is 0 Å². The Kier molecular flexibility index (Phi) is 4.19. The summed E-state index contributed by atoms with van der Waals surface area (Å²) in [5.41, 5.74) is 1.25. The SMILES string of the molecule is C#CC(C)NC(C)c1ccc(Br)cc1. The van der Waals surface area contributed by atoms with E-state index >= 15 is 0 Å². The minimum Gasteiger partial charge on any atom is -0.297 e. The predicted molar refractivity (Wildman–Crippen MR) is 64.0 cm³/mol. The number of benzene rings is 1. The molecular formula is C12H14BrN. The summed E-state index contributed by atoms with van der Waals surface area (Å²) in [6.45, 7) is 4.09. The highest BCUT2D eigenvalue weighted by atomic mass is 79.9. The van der Waals surface area contributed by atoms with Crippen LogP contribution in [0, 0.1) is 12.3 Å². The molecule has 0 radical (unpaired) electrons. The predicted octanol–water partition coefficient (Wildman–Crippen LogP) is 3.12. The molecule has 0 aliphatic carbocycles. The van der Waals surface area contributed by atoms with Crippen molar-refractivity contribution in [2.75, 3.05) is 0 Å². The van der Waals surface area contributed by atoms with Gasteiger partial charge < -0.3 is 0 Å². The maximum atomic E-state index is 5.30. The Hall–Kier alpha value is -0.780. The molecule has 0 bridgehead atoms. The van der Waals surface area contributed by atoms with E-state index < -0.39 is 0 Å². The topological polar surface area (TPSA) is 12.0 Å². The number of hydrogen-bond donors (Lipinski definition) is 1. The molecule has 1 nitrogen and oxygen atoms in total. The van der Waals surface area contributed by atoms with E-state index in [0.717, 1.165) is 4.47 Å². The number of nitrogens with one attached hydrogen (secondary N) is 1. The molecule has 2 heteroatoms. The molecule has 0 fully saturated rings. The quantitative estimate of drug-likeness (QED) is 0.815. The summed E-state index contributed by atoms with van der Waals surface area (Å²) in [5, 5.41) is 3.31. The van der Waals surface area contributed by atoms with Gasteiger partial charge in [-0.1, -0.05) is 34.0 Å². The first-order valence-corrected chi connectivity index (χ1v) is 5.40. The lowest BCUT2D eigenvalue weighted by atomic mass is 10.1. The smallest absolute Gasteiger partial charge is 0.0662 e. The first kappa shape index (κ1) is 11.3.